The minimum Gasteiger partial charge on any atom is -0.313 e. The van der Waals surface area contributed by atoms with E-state index in [1.807, 2.05) is 30.9 Å². The van der Waals surface area contributed by atoms with Gasteiger partial charge in [-0.15, -0.1) is 0 Å². The largest absolute Gasteiger partial charge is 0.313 e. The van der Waals surface area contributed by atoms with Gasteiger partial charge in [0.2, 0.25) is 0 Å². The molecule has 1 aromatic carbocycles. The third kappa shape index (κ3) is 3.17. The van der Waals surface area contributed by atoms with E-state index >= 15 is 0 Å². The summed E-state index contributed by atoms with van der Waals surface area (Å²) in [4.78, 5) is 0. The van der Waals surface area contributed by atoms with Crippen LogP contribution in [0.2, 0.25) is 5.02 Å². The molecule has 102 valence electrons. The highest BCUT2D eigenvalue weighted by atomic mass is 35.5. The molecule has 1 heterocycles. The molecule has 2 rings (SSSR count). The van der Waals surface area contributed by atoms with Gasteiger partial charge in [0.05, 0.1) is 6.20 Å². The van der Waals surface area contributed by atoms with E-state index in [0.29, 0.717) is 0 Å². The average molecular weight is 278 g/mol. The highest BCUT2D eigenvalue weighted by Gasteiger charge is 2.15. The molecule has 0 fully saturated rings. The zero-order valence-corrected chi connectivity index (χ0v) is 12.4. The van der Waals surface area contributed by atoms with Gasteiger partial charge >= 0.3 is 0 Å². The van der Waals surface area contributed by atoms with Crippen molar-refractivity contribution in [1.29, 1.82) is 0 Å². The molecule has 0 radical (unpaired) electrons. The molecule has 19 heavy (non-hydrogen) atoms. The number of hydrogen-bond acceptors (Lipinski definition) is 2. The second-order valence-corrected chi connectivity index (χ2v) is 5.11. The highest BCUT2D eigenvalue weighted by molar-refractivity contribution is 6.32. The molecule has 1 unspecified atom stereocenters. The molecular formula is C15H20ClN3. The van der Waals surface area contributed by atoms with Crippen molar-refractivity contribution in [3.8, 4) is 0 Å². The van der Waals surface area contributed by atoms with Crippen LogP contribution in [0.1, 0.15) is 29.7 Å². The van der Waals surface area contributed by atoms with Crippen molar-refractivity contribution in [2.24, 2.45) is 0 Å². The molecule has 4 heteroatoms. The first-order valence-corrected chi connectivity index (χ1v) is 6.97. The predicted octanol–water partition coefficient (Wildman–Crippen LogP) is 3.37. The average Bonchev–Trinajstić information content (AvgIpc) is 2.87. The first-order chi connectivity index (χ1) is 9.15. The first kappa shape index (κ1) is 14.1. The number of halogens is 1. The van der Waals surface area contributed by atoms with Gasteiger partial charge in [-0.1, -0.05) is 29.8 Å². The van der Waals surface area contributed by atoms with E-state index in [-0.39, 0.29) is 6.04 Å². The Morgan fingerprint density at radius 1 is 1.42 bits per heavy atom. The van der Waals surface area contributed by atoms with Gasteiger partial charge in [-0.05, 0) is 44.0 Å². The summed E-state index contributed by atoms with van der Waals surface area (Å²) in [5.41, 5.74) is 3.48. The van der Waals surface area contributed by atoms with E-state index in [2.05, 4.69) is 35.7 Å². The molecule has 1 N–H and O–H groups in total. The molecule has 1 aromatic heterocycles. The summed E-state index contributed by atoms with van der Waals surface area (Å²) >= 11 is 6.40. The van der Waals surface area contributed by atoms with Gasteiger partial charge in [-0.2, -0.15) is 5.10 Å². The van der Waals surface area contributed by atoms with Gasteiger partial charge in [0.25, 0.3) is 0 Å². The quantitative estimate of drug-likeness (QED) is 0.908. The van der Waals surface area contributed by atoms with Crippen LogP contribution >= 0.6 is 11.6 Å². The number of rotatable bonds is 5. The minimum atomic E-state index is 0.210. The molecular weight excluding hydrogens is 258 g/mol. The Morgan fingerprint density at radius 3 is 2.84 bits per heavy atom. The lowest BCUT2D eigenvalue weighted by Gasteiger charge is -2.18. The van der Waals surface area contributed by atoms with E-state index in [1.54, 1.807) is 0 Å². The monoisotopic (exact) mass is 277 g/mol. The number of hydrogen-bond donors (Lipinski definition) is 1. The van der Waals surface area contributed by atoms with Gasteiger partial charge in [0.1, 0.15) is 0 Å². The minimum absolute atomic E-state index is 0.210. The van der Waals surface area contributed by atoms with Gasteiger partial charge in [0, 0.05) is 23.8 Å². The van der Waals surface area contributed by atoms with Crippen LogP contribution in [0.4, 0.5) is 0 Å². The zero-order chi connectivity index (χ0) is 13.8. The van der Waals surface area contributed by atoms with E-state index in [9.17, 15) is 0 Å². The molecule has 2 aromatic rings. The number of benzene rings is 1. The molecule has 3 nitrogen and oxygen atoms in total. The summed E-state index contributed by atoms with van der Waals surface area (Å²) in [6.45, 7) is 5.02. The fourth-order valence-corrected chi connectivity index (χ4v) is 2.48. The standard InChI is InChI=1S/C15H20ClN3/c1-4-19-10-12(9-18-19)8-14(17-3)13-7-5-6-11(2)15(13)16/h5-7,9-10,14,17H,4,8H2,1-3H3. The summed E-state index contributed by atoms with van der Waals surface area (Å²) in [7, 11) is 1.97. The van der Waals surface area contributed by atoms with Crippen LogP contribution in [0.25, 0.3) is 0 Å². The van der Waals surface area contributed by atoms with Crippen molar-refractivity contribution in [3.05, 3.63) is 52.3 Å². The third-order valence-corrected chi connectivity index (χ3v) is 3.91. The molecule has 0 bridgehead atoms. The van der Waals surface area contributed by atoms with Gasteiger partial charge in [-0.25, -0.2) is 0 Å². The molecule has 0 aliphatic heterocycles. The predicted molar refractivity (Wildman–Crippen MR) is 79.6 cm³/mol. The van der Waals surface area contributed by atoms with Crippen molar-refractivity contribution in [2.75, 3.05) is 7.05 Å². The number of likely N-dealkylation sites (N-methyl/N-ethyl adjacent to an activating group) is 1. The molecule has 0 spiro atoms. The van der Waals surface area contributed by atoms with Gasteiger partial charge in [0.15, 0.2) is 0 Å². The Hall–Kier alpha value is -1.32. The van der Waals surface area contributed by atoms with Crippen LogP contribution in [0.5, 0.6) is 0 Å². The molecule has 0 amide bonds. The van der Waals surface area contributed by atoms with Crippen LogP contribution in [0.3, 0.4) is 0 Å². The normalized spacial score (nSPS) is 12.6. The number of aromatic nitrogens is 2. The Morgan fingerprint density at radius 2 is 2.21 bits per heavy atom. The number of nitrogens with one attached hydrogen (secondary N) is 1. The van der Waals surface area contributed by atoms with Crippen LogP contribution < -0.4 is 5.32 Å². The second-order valence-electron chi connectivity index (χ2n) is 4.73. The molecule has 0 aliphatic rings. The smallest absolute Gasteiger partial charge is 0.0522 e. The van der Waals surface area contributed by atoms with E-state index in [4.69, 9.17) is 11.6 Å². The summed E-state index contributed by atoms with van der Waals surface area (Å²) in [6, 6.07) is 6.38. The Kier molecular flexibility index (Phi) is 4.61. The van der Waals surface area contributed by atoms with Gasteiger partial charge < -0.3 is 5.32 Å². The maximum absolute atomic E-state index is 6.40. The van der Waals surface area contributed by atoms with Gasteiger partial charge in [-0.3, -0.25) is 4.68 Å². The number of nitrogens with zero attached hydrogens (tertiary/aromatic N) is 2. The lowest BCUT2D eigenvalue weighted by molar-refractivity contribution is 0.590. The maximum Gasteiger partial charge on any atom is 0.0522 e. The van der Waals surface area contributed by atoms with E-state index in [1.165, 1.54) is 5.56 Å². The van der Waals surface area contributed by atoms with Crippen molar-refractivity contribution in [2.45, 2.75) is 32.9 Å². The van der Waals surface area contributed by atoms with Crippen molar-refractivity contribution in [1.82, 2.24) is 15.1 Å². The van der Waals surface area contributed by atoms with E-state index in [0.717, 1.165) is 29.1 Å². The maximum atomic E-state index is 6.40. The Labute approximate surface area is 119 Å². The summed E-state index contributed by atoms with van der Waals surface area (Å²) in [5.74, 6) is 0. The highest BCUT2D eigenvalue weighted by Crippen LogP contribution is 2.28. The Balaban J connectivity index is 2.22. The number of aryl methyl sites for hydroxylation is 2. The fraction of sp³-hybridized carbons (Fsp3) is 0.400. The van der Waals surface area contributed by atoms with Crippen LogP contribution in [-0.2, 0) is 13.0 Å². The third-order valence-electron chi connectivity index (χ3n) is 3.40. The van der Waals surface area contributed by atoms with E-state index < -0.39 is 0 Å². The Bertz CT molecular complexity index is 548. The molecule has 1 atom stereocenters. The molecule has 0 saturated carbocycles. The second kappa shape index (κ2) is 6.22. The molecule has 0 aliphatic carbocycles. The first-order valence-electron chi connectivity index (χ1n) is 6.59. The summed E-state index contributed by atoms with van der Waals surface area (Å²) < 4.78 is 1.94. The summed E-state index contributed by atoms with van der Waals surface area (Å²) in [5, 5.41) is 8.50. The van der Waals surface area contributed by atoms with Crippen molar-refractivity contribution < 1.29 is 0 Å². The van der Waals surface area contributed by atoms with Crippen LogP contribution in [0, 0.1) is 6.92 Å². The molecule has 0 saturated heterocycles. The lowest BCUT2D eigenvalue weighted by Crippen LogP contribution is -2.19. The van der Waals surface area contributed by atoms with Crippen molar-refractivity contribution in [3.63, 3.8) is 0 Å². The van der Waals surface area contributed by atoms with Crippen molar-refractivity contribution >= 4 is 11.6 Å². The topological polar surface area (TPSA) is 29.9 Å². The van der Waals surface area contributed by atoms with Crippen LogP contribution in [0.15, 0.2) is 30.6 Å². The fourth-order valence-electron chi connectivity index (χ4n) is 2.23. The lowest BCUT2D eigenvalue weighted by atomic mass is 9.99. The zero-order valence-electron chi connectivity index (χ0n) is 11.7. The SMILES string of the molecule is CCn1cc(CC(NC)c2cccc(C)c2Cl)cn1. The van der Waals surface area contributed by atoms with Crippen LogP contribution in [-0.4, -0.2) is 16.8 Å². The summed E-state index contributed by atoms with van der Waals surface area (Å²) in [6.07, 6.45) is 4.91.